The Bertz CT molecular complexity index is 571. The van der Waals surface area contributed by atoms with Crippen molar-refractivity contribution < 1.29 is 18.3 Å². The van der Waals surface area contributed by atoms with Gasteiger partial charge in [-0.3, -0.25) is 0 Å². The second-order valence-electron chi connectivity index (χ2n) is 6.26. The highest BCUT2D eigenvalue weighted by Crippen LogP contribution is 2.22. The molecule has 0 spiro atoms. The zero-order valence-corrected chi connectivity index (χ0v) is 16.7. The van der Waals surface area contributed by atoms with Crippen LogP contribution < -0.4 is 15.4 Å². The summed E-state index contributed by atoms with van der Waals surface area (Å²) in [5.74, 6) is 0.816. The summed E-state index contributed by atoms with van der Waals surface area (Å²) in [6, 6.07) is 5.12. The summed E-state index contributed by atoms with van der Waals surface area (Å²) < 4.78 is 34.8. The Morgan fingerprint density at radius 1 is 1.26 bits per heavy atom. The molecule has 0 atom stereocenters. The Morgan fingerprint density at radius 3 is 2.70 bits per heavy atom. The molecule has 0 aliphatic carbocycles. The third-order valence-electron chi connectivity index (χ3n) is 3.87. The number of alkyl halides is 2. The van der Waals surface area contributed by atoms with E-state index >= 15 is 0 Å². The molecule has 154 valence electrons. The number of halogens is 2. The highest BCUT2D eigenvalue weighted by molar-refractivity contribution is 5.79. The van der Waals surface area contributed by atoms with E-state index in [0.29, 0.717) is 24.7 Å². The zero-order chi connectivity index (χ0) is 20.1. The monoisotopic (exact) mass is 386 g/mol. The number of guanidine groups is 1. The quantitative estimate of drug-likeness (QED) is 0.329. The van der Waals surface area contributed by atoms with Crippen LogP contribution in [-0.2, 0) is 11.3 Å². The fourth-order valence-corrected chi connectivity index (χ4v) is 2.46. The van der Waals surface area contributed by atoms with Gasteiger partial charge in [-0.25, -0.2) is 4.99 Å². The molecular formula is C19H32F2N4O2. The largest absolute Gasteiger partial charge is 0.434 e. The summed E-state index contributed by atoms with van der Waals surface area (Å²) in [6.45, 7) is 5.32. The molecule has 1 aromatic rings. The van der Waals surface area contributed by atoms with E-state index in [4.69, 9.17) is 4.74 Å². The van der Waals surface area contributed by atoms with E-state index in [2.05, 4.69) is 32.3 Å². The van der Waals surface area contributed by atoms with Crippen LogP contribution in [0.1, 0.15) is 24.5 Å². The average molecular weight is 386 g/mol. The minimum Gasteiger partial charge on any atom is -0.434 e. The molecule has 0 amide bonds. The first-order valence-corrected chi connectivity index (χ1v) is 9.20. The highest BCUT2D eigenvalue weighted by atomic mass is 19.3. The van der Waals surface area contributed by atoms with Crippen LogP contribution in [0.2, 0.25) is 0 Å². The summed E-state index contributed by atoms with van der Waals surface area (Å²) in [7, 11) is 3.75. The van der Waals surface area contributed by atoms with E-state index in [-0.39, 0.29) is 12.3 Å². The van der Waals surface area contributed by atoms with Gasteiger partial charge in [-0.2, -0.15) is 8.78 Å². The topological polar surface area (TPSA) is 58.1 Å². The third-order valence-corrected chi connectivity index (χ3v) is 3.87. The molecule has 0 bridgehead atoms. The minimum absolute atomic E-state index is 0.162. The number of likely N-dealkylation sites (N-methyl/N-ethyl adjacent to an activating group) is 1. The van der Waals surface area contributed by atoms with Crippen molar-refractivity contribution in [3.63, 3.8) is 0 Å². The summed E-state index contributed by atoms with van der Waals surface area (Å²) in [4.78, 5) is 6.70. The first-order chi connectivity index (χ1) is 13.0. The average Bonchev–Trinajstić information content (AvgIpc) is 2.62. The number of aryl methyl sites for hydroxylation is 1. The molecule has 0 aromatic heterocycles. The van der Waals surface area contributed by atoms with Gasteiger partial charge < -0.3 is 25.0 Å². The van der Waals surface area contributed by atoms with Crippen molar-refractivity contribution in [1.29, 1.82) is 0 Å². The molecule has 8 heteroatoms. The molecule has 0 heterocycles. The van der Waals surface area contributed by atoms with E-state index in [1.165, 1.54) is 0 Å². The van der Waals surface area contributed by atoms with Crippen LogP contribution in [0.5, 0.6) is 5.75 Å². The van der Waals surface area contributed by atoms with Crippen molar-refractivity contribution in [2.45, 2.75) is 33.4 Å². The van der Waals surface area contributed by atoms with E-state index < -0.39 is 6.61 Å². The smallest absolute Gasteiger partial charge is 0.387 e. The van der Waals surface area contributed by atoms with Crippen LogP contribution >= 0.6 is 0 Å². The Hall–Kier alpha value is -1.93. The van der Waals surface area contributed by atoms with Gasteiger partial charge in [-0.1, -0.05) is 17.7 Å². The van der Waals surface area contributed by atoms with Gasteiger partial charge in [0.15, 0.2) is 5.96 Å². The summed E-state index contributed by atoms with van der Waals surface area (Å²) in [6.07, 6.45) is 0.953. The van der Waals surface area contributed by atoms with Crippen LogP contribution in [0, 0.1) is 6.92 Å². The van der Waals surface area contributed by atoms with Crippen LogP contribution in [0.4, 0.5) is 8.78 Å². The lowest BCUT2D eigenvalue weighted by molar-refractivity contribution is -0.0504. The molecule has 0 radical (unpaired) electrons. The number of aliphatic imine (C=N–C) groups is 1. The first-order valence-electron chi connectivity index (χ1n) is 9.20. The van der Waals surface area contributed by atoms with Crippen molar-refractivity contribution in [3.8, 4) is 5.75 Å². The Labute approximate surface area is 160 Å². The van der Waals surface area contributed by atoms with Crippen LogP contribution in [0.3, 0.4) is 0 Å². The number of ether oxygens (including phenoxy) is 2. The molecule has 6 nitrogen and oxygen atoms in total. The number of nitrogens with zero attached hydrogens (tertiary/aromatic N) is 2. The van der Waals surface area contributed by atoms with Gasteiger partial charge in [0.25, 0.3) is 0 Å². The summed E-state index contributed by atoms with van der Waals surface area (Å²) >= 11 is 0. The van der Waals surface area contributed by atoms with Crippen molar-refractivity contribution in [3.05, 3.63) is 29.3 Å². The maximum atomic E-state index is 12.6. The lowest BCUT2D eigenvalue weighted by atomic mass is 10.1. The molecule has 1 rings (SSSR count). The first kappa shape index (κ1) is 23.1. The maximum Gasteiger partial charge on any atom is 0.387 e. The third kappa shape index (κ3) is 10.1. The fraction of sp³-hybridized carbons (Fsp3) is 0.632. The normalized spacial score (nSPS) is 11.9. The van der Waals surface area contributed by atoms with Crippen LogP contribution in [0.15, 0.2) is 23.2 Å². The summed E-state index contributed by atoms with van der Waals surface area (Å²) in [5, 5.41) is 6.44. The Kier molecular flexibility index (Phi) is 11.4. The van der Waals surface area contributed by atoms with Crippen molar-refractivity contribution in [1.82, 2.24) is 15.5 Å². The van der Waals surface area contributed by atoms with Gasteiger partial charge in [0.05, 0.1) is 13.2 Å². The van der Waals surface area contributed by atoms with E-state index in [0.717, 1.165) is 31.6 Å². The number of hydrogen-bond donors (Lipinski definition) is 2. The number of hydrogen-bond acceptors (Lipinski definition) is 4. The highest BCUT2D eigenvalue weighted by Gasteiger charge is 2.10. The molecule has 0 fully saturated rings. The second kappa shape index (κ2) is 13.3. The molecule has 1 aromatic carbocycles. The van der Waals surface area contributed by atoms with E-state index in [1.54, 1.807) is 19.2 Å². The number of nitrogens with one attached hydrogen (secondary N) is 2. The maximum absolute atomic E-state index is 12.6. The van der Waals surface area contributed by atoms with Gasteiger partial charge in [0.1, 0.15) is 5.75 Å². The molecule has 0 unspecified atom stereocenters. The summed E-state index contributed by atoms with van der Waals surface area (Å²) in [5.41, 5.74) is 1.60. The molecular weight excluding hydrogens is 354 g/mol. The van der Waals surface area contributed by atoms with E-state index in [1.807, 2.05) is 19.9 Å². The lowest BCUT2D eigenvalue weighted by Gasteiger charge is -2.17. The molecule has 0 saturated carbocycles. The SMILES string of the molecule is CCNC(=NCc1cc(C)ccc1OC(F)F)NCCCN(C)CCOC. The van der Waals surface area contributed by atoms with Gasteiger partial charge in [-0.15, -0.1) is 0 Å². The predicted molar refractivity (Wildman–Crippen MR) is 105 cm³/mol. The number of benzene rings is 1. The van der Waals surface area contributed by atoms with Gasteiger partial charge in [0.2, 0.25) is 0 Å². The van der Waals surface area contributed by atoms with Gasteiger partial charge in [-0.05, 0) is 39.9 Å². The second-order valence-corrected chi connectivity index (χ2v) is 6.26. The molecule has 0 aliphatic rings. The van der Waals surface area contributed by atoms with Gasteiger partial charge >= 0.3 is 6.61 Å². The molecule has 0 aliphatic heterocycles. The van der Waals surface area contributed by atoms with Crippen LogP contribution in [-0.4, -0.2) is 64.4 Å². The standard InChI is InChI=1S/C19H32F2N4O2/c1-5-22-19(23-9-6-10-25(3)11-12-26-4)24-14-16-13-15(2)7-8-17(16)27-18(20)21/h7-8,13,18H,5-6,9-12,14H2,1-4H3,(H2,22,23,24). The Balaban J connectivity index is 2.59. The lowest BCUT2D eigenvalue weighted by Crippen LogP contribution is -2.38. The molecule has 2 N–H and O–H groups in total. The number of methoxy groups -OCH3 is 1. The van der Waals surface area contributed by atoms with Gasteiger partial charge in [0, 0.05) is 32.3 Å². The minimum atomic E-state index is -2.85. The fourth-order valence-electron chi connectivity index (χ4n) is 2.46. The zero-order valence-electron chi connectivity index (χ0n) is 16.7. The van der Waals surface area contributed by atoms with E-state index in [9.17, 15) is 8.78 Å². The number of rotatable bonds is 12. The predicted octanol–water partition coefficient (Wildman–Crippen LogP) is 2.62. The van der Waals surface area contributed by atoms with Crippen molar-refractivity contribution >= 4 is 5.96 Å². The van der Waals surface area contributed by atoms with Crippen molar-refractivity contribution in [2.24, 2.45) is 4.99 Å². The van der Waals surface area contributed by atoms with Crippen LogP contribution in [0.25, 0.3) is 0 Å². The molecule has 27 heavy (non-hydrogen) atoms. The Morgan fingerprint density at radius 2 is 2.04 bits per heavy atom. The van der Waals surface area contributed by atoms with Crippen molar-refractivity contribution in [2.75, 3.05) is 46.9 Å². The molecule has 0 saturated heterocycles.